The van der Waals surface area contributed by atoms with Crippen molar-refractivity contribution in [3.8, 4) is 0 Å². The van der Waals surface area contributed by atoms with Crippen LogP contribution in [0.4, 0.5) is 13.2 Å². The number of carbonyl (C=O) groups excluding carboxylic acids is 1. The minimum atomic E-state index is -4.46. The van der Waals surface area contributed by atoms with Crippen LogP contribution in [0, 0.1) is 0 Å². The summed E-state index contributed by atoms with van der Waals surface area (Å²) in [5.41, 5.74) is -0.437. The Balaban J connectivity index is 1.59. The molecule has 124 valence electrons. The Hall–Kier alpha value is -2.83. The maximum atomic E-state index is 12.5. The third kappa shape index (κ3) is 3.56. The predicted octanol–water partition coefficient (Wildman–Crippen LogP) is 3.49. The molecule has 0 atom stereocenters. The standard InChI is InChI=1S/C17H14F3N3O/c18-17(19,20)15-7-9-23(22-15)10-8-21-16(24)14-6-5-12-3-1-2-4-13(12)11-14/h1-7,9,11H,8,10H2,(H,21,24). The molecule has 0 fully saturated rings. The van der Waals surface area contributed by atoms with Gasteiger partial charge < -0.3 is 5.32 Å². The number of alkyl halides is 3. The van der Waals surface area contributed by atoms with Crippen LogP contribution in [0.1, 0.15) is 16.1 Å². The zero-order valence-electron chi connectivity index (χ0n) is 12.5. The molecular formula is C17H14F3N3O. The van der Waals surface area contributed by atoms with Crippen molar-refractivity contribution in [2.75, 3.05) is 6.54 Å². The Morgan fingerprint density at radius 2 is 1.83 bits per heavy atom. The zero-order valence-corrected chi connectivity index (χ0v) is 12.5. The summed E-state index contributed by atoms with van der Waals surface area (Å²) in [4.78, 5) is 12.1. The monoisotopic (exact) mass is 333 g/mol. The molecule has 1 aromatic heterocycles. The topological polar surface area (TPSA) is 46.9 Å². The molecule has 2 aromatic carbocycles. The third-order valence-corrected chi connectivity index (χ3v) is 3.57. The number of aromatic nitrogens is 2. The summed E-state index contributed by atoms with van der Waals surface area (Å²) in [7, 11) is 0. The molecule has 7 heteroatoms. The minimum absolute atomic E-state index is 0.162. The fourth-order valence-corrected chi connectivity index (χ4v) is 2.35. The van der Waals surface area contributed by atoms with Crippen LogP contribution >= 0.6 is 0 Å². The molecule has 24 heavy (non-hydrogen) atoms. The highest BCUT2D eigenvalue weighted by atomic mass is 19.4. The number of carbonyl (C=O) groups is 1. The molecule has 0 aliphatic rings. The molecule has 3 aromatic rings. The normalized spacial score (nSPS) is 11.6. The number of fused-ring (bicyclic) bond motifs is 1. The van der Waals surface area contributed by atoms with Crippen LogP contribution in [-0.2, 0) is 12.7 Å². The smallest absolute Gasteiger partial charge is 0.350 e. The first-order chi connectivity index (χ1) is 11.4. The van der Waals surface area contributed by atoms with E-state index in [4.69, 9.17) is 0 Å². The van der Waals surface area contributed by atoms with Crippen LogP contribution in [0.5, 0.6) is 0 Å². The van der Waals surface area contributed by atoms with Crippen LogP contribution in [0.2, 0.25) is 0 Å². The third-order valence-electron chi connectivity index (χ3n) is 3.57. The number of benzene rings is 2. The minimum Gasteiger partial charge on any atom is -0.350 e. The second kappa shape index (κ2) is 6.35. The van der Waals surface area contributed by atoms with E-state index in [-0.39, 0.29) is 19.0 Å². The zero-order chi connectivity index (χ0) is 17.2. The Morgan fingerprint density at radius 1 is 1.08 bits per heavy atom. The van der Waals surface area contributed by atoms with Gasteiger partial charge in [0, 0.05) is 18.3 Å². The number of halogens is 3. The summed E-state index contributed by atoms with van der Waals surface area (Å²) in [6.45, 7) is 0.347. The number of hydrogen-bond acceptors (Lipinski definition) is 2. The first kappa shape index (κ1) is 16.0. The van der Waals surface area contributed by atoms with Crippen LogP contribution in [0.3, 0.4) is 0 Å². The van der Waals surface area contributed by atoms with Gasteiger partial charge in [0.05, 0.1) is 6.54 Å². The molecule has 0 aliphatic heterocycles. The molecule has 0 radical (unpaired) electrons. The largest absolute Gasteiger partial charge is 0.435 e. The molecule has 1 amide bonds. The van der Waals surface area contributed by atoms with Gasteiger partial charge in [-0.2, -0.15) is 18.3 Å². The van der Waals surface area contributed by atoms with E-state index in [2.05, 4.69) is 10.4 Å². The summed E-state index contributed by atoms with van der Waals surface area (Å²) in [6.07, 6.45) is -3.22. The Kier molecular flexibility index (Phi) is 4.24. The first-order valence-corrected chi connectivity index (χ1v) is 7.31. The van der Waals surface area contributed by atoms with Gasteiger partial charge in [-0.15, -0.1) is 0 Å². The van der Waals surface area contributed by atoms with E-state index in [1.807, 2.05) is 30.3 Å². The van der Waals surface area contributed by atoms with Crippen LogP contribution < -0.4 is 5.32 Å². The highest BCUT2D eigenvalue weighted by Gasteiger charge is 2.33. The van der Waals surface area contributed by atoms with Crippen LogP contribution in [0.15, 0.2) is 54.7 Å². The molecular weight excluding hydrogens is 319 g/mol. The number of nitrogens with one attached hydrogen (secondary N) is 1. The van der Waals surface area contributed by atoms with E-state index in [1.165, 1.54) is 6.20 Å². The lowest BCUT2D eigenvalue weighted by Gasteiger charge is -2.07. The van der Waals surface area contributed by atoms with Crippen molar-refractivity contribution in [1.82, 2.24) is 15.1 Å². The number of nitrogens with zero attached hydrogens (tertiary/aromatic N) is 2. The summed E-state index contributed by atoms with van der Waals surface area (Å²) in [5, 5.41) is 8.10. The fraction of sp³-hybridized carbons (Fsp3) is 0.176. The van der Waals surface area contributed by atoms with E-state index in [0.717, 1.165) is 21.5 Å². The van der Waals surface area contributed by atoms with Crippen molar-refractivity contribution in [2.45, 2.75) is 12.7 Å². The summed E-state index contributed by atoms with van der Waals surface area (Å²) in [5.74, 6) is -0.274. The van der Waals surface area contributed by atoms with E-state index >= 15 is 0 Å². The molecule has 0 saturated carbocycles. The maximum absolute atomic E-state index is 12.5. The molecule has 0 bridgehead atoms. The van der Waals surface area contributed by atoms with Gasteiger partial charge in [0.2, 0.25) is 0 Å². The van der Waals surface area contributed by atoms with Gasteiger partial charge in [-0.3, -0.25) is 9.48 Å². The predicted molar refractivity (Wildman–Crippen MR) is 83.5 cm³/mol. The van der Waals surface area contributed by atoms with Crippen molar-refractivity contribution in [1.29, 1.82) is 0 Å². The molecule has 3 rings (SSSR count). The summed E-state index contributed by atoms with van der Waals surface area (Å²) >= 11 is 0. The van der Waals surface area contributed by atoms with Crippen molar-refractivity contribution in [3.63, 3.8) is 0 Å². The van der Waals surface area contributed by atoms with Gasteiger partial charge in [-0.25, -0.2) is 0 Å². The van der Waals surface area contributed by atoms with E-state index in [0.29, 0.717) is 5.56 Å². The first-order valence-electron chi connectivity index (χ1n) is 7.31. The van der Waals surface area contributed by atoms with Gasteiger partial charge in [-0.05, 0) is 29.0 Å². The van der Waals surface area contributed by atoms with Crippen LogP contribution in [-0.4, -0.2) is 22.2 Å². The number of hydrogen-bond donors (Lipinski definition) is 1. The van der Waals surface area contributed by atoms with Gasteiger partial charge in [0.25, 0.3) is 5.91 Å². The summed E-state index contributed by atoms with van der Waals surface area (Å²) in [6, 6.07) is 13.9. The average Bonchev–Trinajstić information content (AvgIpc) is 3.03. The van der Waals surface area contributed by atoms with Crippen molar-refractivity contribution < 1.29 is 18.0 Å². The van der Waals surface area contributed by atoms with E-state index in [1.54, 1.807) is 12.1 Å². The van der Waals surface area contributed by atoms with Crippen molar-refractivity contribution in [2.24, 2.45) is 0 Å². The number of rotatable bonds is 4. The molecule has 0 unspecified atom stereocenters. The molecule has 1 N–H and O–H groups in total. The lowest BCUT2D eigenvalue weighted by Crippen LogP contribution is -2.27. The Bertz CT molecular complexity index is 871. The second-order valence-electron chi connectivity index (χ2n) is 5.28. The SMILES string of the molecule is O=C(NCCn1ccc(C(F)(F)F)n1)c1ccc2ccccc2c1. The second-order valence-corrected chi connectivity index (χ2v) is 5.28. The van der Waals surface area contributed by atoms with Gasteiger partial charge >= 0.3 is 6.18 Å². The summed E-state index contributed by atoms with van der Waals surface area (Å²) < 4.78 is 38.5. The molecule has 0 saturated heterocycles. The average molecular weight is 333 g/mol. The lowest BCUT2D eigenvalue weighted by molar-refractivity contribution is -0.141. The number of amides is 1. The fourth-order valence-electron chi connectivity index (χ4n) is 2.35. The molecule has 0 aliphatic carbocycles. The van der Waals surface area contributed by atoms with E-state index in [9.17, 15) is 18.0 Å². The Morgan fingerprint density at radius 3 is 2.54 bits per heavy atom. The Labute approximate surface area is 135 Å². The molecule has 4 nitrogen and oxygen atoms in total. The maximum Gasteiger partial charge on any atom is 0.435 e. The lowest BCUT2D eigenvalue weighted by atomic mass is 10.1. The van der Waals surface area contributed by atoms with Gasteiger partial charge in [0.1, 0.15) is 0 Å². The van der Waals surface area contributed by atoms with Gasteiger partial charge in [0.15, 0.2) is 5.69 Å². The van der Waals surface area contributed by atoms with Crippen molar-refractivity contribution in [3.05, 3.63) is 66.0 Å². The van der Waals surface area contributed by atoms with Crippen molar-refractivity contribution >= 4 is 16.7 Å². The highest BCUT2D eigenvalue weighted by Crippen LogP contribution is 2.27. The molecule has 0 spiro atoms. The molecule has 1 heterocycles. The van der Waals surface area contributed by atoms with Gasteiger partial charge in [-0.1, -0.05) is 30.3 Å². The van der Waals surface area contributed by atoms with E-state index < -0.39 is 11.9 Å². The van der Waals surface area contributed by atoms with Crippen LogP contribution in [0.25, 0.3) is 10.8 Å². The highest BCUT2D eigenvalue weighted by molar-refractivity contribution is 5.98. The quantitative estimate of drug-likeness (QED) is 0.794.